The number of hydrogen-bond acceptors (Lipinski definition) is 2. The van der Waals surface area contributed by atoms with Gasteiger partial charge in [0.05, 0.1) is 12.1 Å². The van der Waals surface area contributed by atoms with Crippen molar-refractivity contribution in [3.05, 3.63) is 26.6 Å². The second-order valence-corrected chi connectivity index (χ2v) is 4.67. The molecule has 1 aromatic heterocycles. The van der Waals surface area contributed by atoms with Crippen LogP contribution >= 0.6 is 38.5 Å². The van der Waals surface area contributed by atoms with Crippen LogP contribution in [0, 0.1) is 3.57 Å². The van der Waals surface area contributed by atoms with Crippen molar-refractivity contribution in [1.29, 1.82) is 0 Å². The van der Waals surface area contributed by atoms with Gasteiger partial charge in [-0.05, 0) is 28.2 Å². The van der Waals surface area contributed by atoms with Gasteiger partial charge in [-0.15, -0.1) is 0 Å². The van der Waals surface area contributed by atoms with E-state index in [1.165, 1.54) is 6.20 Å². The zero-order valence-corrected chi connectivity index (χ0v) is 11.6. The van der Waals surface area contributed by atoms with Crippen molar-refractivity contribution in [3.63, 3.8) is 0 Å². The van der Waals surface area contributed by atoms with Crippen LogP contribution in [-0.2, 0) is 16.5 Å². The second kappa shape index (κ2) is 5.85. The van der Waals surface area contributed by atoms with Crippen LogP contribution in [0.3, 0.4) is 0 Å². The Labute approximate surface area is 113 Å². The van der Waals surface area contributed by atoms with Gasteiger partial charge < -0.3 is 5.11 Å². The van der Waals surface area contributed by atoms with Gasteiger partial charge in [0.25, 0.3) is 6.43 Å². The Hall–Kier alpha value is -0.310. The third-order valence-electron chi connectivity index (χ3n) is 1.94. The molecule has 0 aromatic carbocycles. The van der Waals surface area contributed by atoms with Crippen molar-refractivity contribution >= 4 is 44.5 Å². The predicted octanol–water partition coefficient (Wildman–Crippen LogP) is 3.15. The summed E-state index contributed by atoms with van der Waals surface area (Å²) in [5, 5.41) is 8.95. The molecule has 0 aliphatic carbocycles. The van der Waals surface area contributed by atoms with Crippen molar-refractivity contribution in [2.75, 3.05) is 0 Å². The van der Waals surface area contributed by atoms with Gasteiger partial charge in [0.1, 0.15) is 0 Å². The number of carbonyl (C=O) groups is 1. The predicted molar refractivity (Wildman–Crippen MR) is 65.9 cm³/mol. The summed E-state index contributed by atoms with van der Waals surface area (Å²) < 4.78 is 25.9. The molecule has 0 radical (unpaired) electrons. The van der Waals surface area contributed by atoms with Crippen LogP contribution in [-0.4, -0.2) is 16.1 Å². The fourth-order valence-corrected chi connectivity index (χ4v) is 2.46. The van der Waals surface area contributed by atoms with E-state index in [2.05, 4.69) is 20.9 Å². The first-order valence-corrected chi connectivity index (χ1v) is 6.39. The summed E-state index contributed by atoms with van der Waals surface area (Å²) in [6.45, 7) is 0. The Balaban J connectivity index is 3.36. The maximum Gasteiger partial charge on any atom is 0.307 e. The molecule has 0 amide bonds. The Morgan fingerprint density at radius 3 is 2.69 bits per heavy atom. The van der Waals surface area contributed by atoms with Gasteiger partial charge in [-0.1, -0.05) is 15.9 Å². The van der Waals surface area contributed by atoms with Crippen LogP contribution in [0.5, 0.6) is 0 Å². The molecule has 0 saturated heterocycles. The van der Waals surface area contributed by atoms with Gasteiger partial charge in [-0.25, -0.2) is 8.78 Å². The monoisotopic (exact) mass is 405 g/mol. The molecule has 16 heavy (non-hydrogen) atoms. The lowest BCUT2D eigenvalue weighted by Gasteiger charge is -2.12. The summed E-state index contributed by atoms with van der Waals surface area (Å²) in [6.07, 6.45) is -1.81. The minimum absolute atomic E-state index is 0.103. The number of carboxylic acids is 1. The first-order chi connectivity index (χ1) is 7.47. The maximum atomic E-state index is 12.8. The number of hydrogen-bond donors (Lipinski definition) is 1. The standard InChI is InChI=1S/C9H7BrF2INO2/c10-2-6-4(1-7(15)16)8(9(11)12)5(13)3-14-6/h3,9H,1-2H2,(H,15,16). The number of aliphatic carboxylic acids is 1. The molecule has 3 nitrogen and oxygen atoms in total. The molecule has 0 fully saturated rings. The average molecular weight is 406 g/mol. The van der Waals surface area contributed by atoms with Gasteiger partial charge in [-0.2, -0.15) is 0 Å². The molecule has 0 atom stereocenters. The van der Waals surface area contributed by atoms with Crippen molar-refractivity contribution in [2.24, 2.45) is 0 Å². The minimum Gasteiger partial charge on any atom is -0.481 e. The van der Waals surface area contributed by atoms with E-state index in [4.69, 9.17) is 5.11 Å². The highest BCUT2D eigenvalue weighted by Crippen LogP contribution is 2.30. The maximum absolute atomic E-state index is 12.8. The van der Waals surface area contributed by atoms with Gasteiger partial charge >= 0.3 is 5.97 Å². The van der Waals surface area contributed by atoms with Crippen molar-refractivity contribution in [1.82, 2.24) is 4.98 Å². The van der Waals surface area contributed by atoms with Crippen LogP contribution in [0.2, 0.25) is 0 Å². The molecule has 0 bridgehead atoms. The molecule has 1 N–H and O–H groups in total. The van der Waals surface area contributed by atoms with Gasteiger partial charge in [-0.3, -0.25) is 9.78 Å². The zero-order chi connectivity index (χ0) is 12.3. The Kier molecular flexibility index (Phi) is 5.03. The van der Waals surface area contributed by atoms with Crippen molar-refractivity contribution in [3.8, 4) is 0 Å². The number of nitrogens with zero attached hydrogens (tertiary/aromatic N) is 1. The largest absolute Gasteiger partial charge is 0.481 e. The molecule has 7 heteroatoms. The Bertz CT molecular complexity index is 415. The van der Waals surface area contributed by atoms with Crippen molar-refractivity contribution < 1.29 is 18.7 Å². The molecule has 88 valence electrons. The molecule has 0 aliphatic heterocycles. The van der Waals surface area contributed by atoms with E-state index < -0.39 is 18.8 Å². The number of rotatable bonds is 4. The van der Waals surface area contributed by atoms with E-state index in [0.29, 0.717) is 5.69 Å². The third-order valence-corrected chi connectivity index (χ3v) is 3.33. The molecular weight excluding hydrogens is 399 g/mol. The highest BCUT2D eigenvalue weighted by molar-refractivity contribution is 14.1. The lowest BCUT2D eigenvalue weighted by atomic mass is 10.0. The van der Waals surface area contributed by atoms with E-state index >= 15 is 0 Å². The van der Waals surface area contributed by atoms with Crippen LogP contribution in [0.1, 0.15) is 23.2 Å². The highest BCUT2D eigenvalue weighted by atomic mass is 127. The van der Waals surface area contributed by atoms with E-state index in [1.54, 1.807) is 22.6 Å². The fraction of sp³-hybridized carbons (Fsp3) is 0.333. The van der Waals surface area contributed by atoms with Gasteiger partial charge in [0.2, 0.25) is 0 Å². The third kappa shape index (κ3) is 3.09. The van der Waals surface area contributed by atoms with Crippen LogP contribution in [0.4, 0.5) is 8.78 Å². The molecular formula is C9H7BrF2INO2. The molecule has 1 heterocycles. The summed E-state index contributed by atoms with van der Waals surface area (Å²) in [7, 11) is 0. The second-order valence-electron chi connectivity index (χ2n) is 2.95. The van der Waals surface area contributed by atoms with E-state index in [1.807, 2.05) is 0 Å². The highest BCUT2D eigenvalue weighted by Gasteiger charge is 2.22. The molecule has 0 spiro atoms. The first kappa shape index (κ1) is 13.8. The van der Waals surface area contributed by atoms with Crippen molar-refractivity contribution in [2.45, 2.75) is 18.2 Å². The molecule has 0 unspecified atom stereocenters. The molecule has 1 aromatic rings. The van der Waals surface area contributed by atoms with E-state index in [9.17, 15) is 13.6 Å². The number of carboxylic acid groups (broad SMARTS) is 1. The number of halogens is 4. The van der Waals surface area contributed by atoms with Gasteiger partial charge in [0, 0.05) is 20.7 Å². The summed E-state index contributed by atoms with van der Waals surface area (Å²) in [4.78, 5) is 14.6. The van der Waals surface area contributed by atoms with Crippen LogP contribution in [0.15, 0.2) is 6.20 Å². The number of pyridine rings is 1. The normalized spacial score (nSPS) is 10.8. The topological polar surface area (TPSA) is 50.2 Å². The average Bonchev–Trinajstić information content (AvgIpc) is 2.16. The lowest BCUT2D eigenvalue weighted by Crippen LogP contribution is -2.10. The molecule has 0 saturated carbocycles. The molecule has 1 rings (SSSR count). The lowest BCUT2D eigenvalue weighted by molar-refractivity contribution is -0.136. The van der Waals surface area contributed by atoms with Crippen LogP contribution in [0.25, 0.3) is 0 Å². The number of alkyl halides is 3. The summed E-state index contributed by atoms with van der Waals surface area (Å²) >= 11 is 4.83. The van der Waals surface area contributed by atoms with Gasteiger partial charge in [0.15, 0.2) is 0 Å². The summed E-state index contributed by atoms with van der Waals surface area (Å²) in [5.41, 5.74) is 0.219. The Morgan fingerprint density at radius 2 is 2.25 bits per heavy atom. The Morgan fingerprint density at radius 1 is 1.62 bits per heavy atom. The summed E-state index contributed by atoms with van der Waals surface area (Å²) in [5.74, 6) is -1.15. The molecule has 0 aliphatic rings. The minimum atomic E-state index is -2.69. The number of aromatic nitrogens is 1. The van der Waals surface area contributed by atoms with Crippen LogP contribution < -0.4 is 0 Å². The van der Waals surface area contributed by atoms with E-state index in [0.717, 1.165) is 0 Å². The smallest absolute Gasteiger partial charge is 0.307 e. The first-order valence-electron chi connectivity index (χ1n) is 4.19. The quantitative estimate of drug-likeness (QED) is 0.618. The fourth-order valence-electron chi connectivity index (χ4n) is 1.28. The zero-order valence-electron chi connectivity index (χ0n) is 7.88. The van der Waals surface area contributed by atoms with E-state index in [-0.39, 0.29) is 20.0 Å². The summed E-state index contributed by atoms with van der Waals surface area (Å²) in [6, 6.07) is 0. The SMILES string of the molecule is O=C(O)Cc1c(CBr)ncc(I)c1C(F)F.